The molecule has 0 unspecified atom stereocenters. The van der Waals surface area contributed by atoms with Crippen LogP contribution in [0.5, 0.6) is 0 Å². The van der Waals surface area contributed by atoms with Gasteiger partial charge in [0.25, 0.3) is 22.6 Å². The first-order chi connectivity index (χ1) is 58.1. The number of nitrogens with two attached hydrogens (primary N) is 1. The Labute approximate surface area is 738 Å². The van der Waals surface area contributed by atoms with E-state index in [-0.39, 0.29) is 50.8 Å². The zero-order valence-corrected chi connectivity index (χ0v) is 73.7. The maximum absolute atomic E-state index is 13.5. The normalized spacial score (nSPS) is 11.7. The Morgan fingerprint density at radius 2 is 0.844 bits per heavy atom. The second-order valence-corrected chi connectivity index (χ2v) is 34.3. The van der Waals surface area contributed by atoms with Crippen molar-refractivity contribution in [1.82, 2.24) is 38.6 Å². The van der Waals surface area contributed by atoms with Crippen molar-refractivity contribution in [2.75, 3.05) is 35.0 Å². The second-order valence-electron chi connectivity index (χ2n) is 28.3. The highest BCUT2D eigenvalue weighted by Crippen LogP contribution is 2.33. The van der Waals surface area contributed by atoms with Gasteiger partial charge in [0.2, 0.25) is 0 Å². The molecular formula is C89H71Br3F4N10O12S4. The van der Waals surface area contributed by atoms with Crippen molar-refractivity contribution in [1.29, 1.82) is 0 Å². The van der Waals surface area contributed by atoms with E-state index in [0.717, 1.165) is 76.5 Å². The molecule has 0 spiro atoms. The molecular weight excluding hydrogens is 1850 g/mol. The summed E-state index contributed by atoms with van der Waals surface area (Å²) in [6.45, 7) is 10.7. The van der Waals surface area contributed by atoms with Crippen molar-refractivity contribution in [2.45, 2.75) is 74.6 Å². The van der Waals surface area contributed by atoms with Crippen LogP contribution in [-0.2, 0) is 35.0 Å². The van der Waals surface area contributed by atoms with Gasteiger partial charge in [-0.25, -0.2) is 37.3 Å². The molecule has 0 saturated heterocycles. The summed E-state index contributed by atoms with van der Waals surface area (Å²) in [4.78, 5) is 123. The first-order valence-corrected chi connectivity index (χ1v) is 42.4. The third kappa shape index (κ3) is 23.9. The van der Waals surface area contributed by atoms with E-state index in [1.807, 2.05) is 54.6 Å². The van der Waals surface area contributed by atoms with E-state index in [9.17, 15) is 55.9 Å². The highest BCUT2D eigenvalue weighted by Gasteiger charge is 2.30. The van der Waals surface area contributed by atoms with E-state index < -0.39 is 52.5 Å². The Morgan fingerprint density at radius 1 is 0.475 bits per heavy atom. The molecule has 1 aliphatic rings. The molecule has 14 aromatic rings. The lowest BCUT2D eigenvalue weighted by Crippen LogP contribution is -2.41. The van der Waals surface area contributed by atoms with Crippen molar-refractivity contribution >= 4 is 174 Å². The molecule has 0 saturated carbocycles. The van der Waals surface area contributed by atoms with Gasteiger partial charge in [-0.15, -0.1) is 0 Å². The van der Waals surface area contributed by atoms with Gasteiger partial charge >= 0.3 is 23.9 Å². The number of thioether (sulfide) groups is 3. The number of rotatable bonds is 16. The third-order valence-electron chi connectivity index (χ3n) is 17.1. The molecule has 5 aromatic heterocycles. The summed E-state index contributed by atoms with van der Waals surface area (Å²) in [6.07, 6.45) is 7.33. The number of anilines is 2. The van der Waals surface area contributed by atoms with Gasteiger partial charge < -0.3 is 25.1 Å². The number of carboxylic acid groups (broad SMARTS) is 1. The summed E-state index contributed by atoms with van der Waals surface area (Å²) in [7, 11) is 1.32. The summed E-state index contributed by atoms with van der Waals surface area (Å²) >= 11 is 18.5. The van der Waals surface area contributed by atoms with Gasteiger partial charge in [0.05, 0.1) is 84.7 Å². The highest BCUT2D eigenvalue weighted by atomic mass is 79.9. The molecule has 0 atom stereocenters. The van der Waals surface area contributed by atoms with Crippen LogP contribution in [-0.4, -0.2) is 114 Å². The molecule has 1 amide bonds. The van der Waals surface area contributed by atoms with Crippen LogP contribution in [0.3, 0.4) is 0 Å². The molecule has 3 N–H and O–H groups in total. The number of halogens is 7. The van der Waals surface area contributed by atoms with Crippen LogP contribution in [0.2, 0.25) is 0 Å². The number of aliphatic carboxylic acids is 1. The number of benzene rings is 9. The Bertz CT molecular complexity index is 6480. The zero-order chi connectivity index (χ0) is 87.9. The SMILES string of the molecule is CC(C)(C)OC(=O)CSc1nc2cc(-c3cccnc3)ccc2c(=O)n1-c1ccc(F)cc1.CC(C)(C)OC(=O)CSc1nc2cc(Br)ccc2c(=O)n1-c1ccc(F)cc1.COC(=O)c1ccc(Br)cc1N.O=C(O)CSc1nc2cc(-c3cccnc3)ccc2c(=O)n1-c1ccc(F)cc1.O=C1c2ccc(Br)cc2CC(=S)N1c1ccc(F)cc1. The van der Waals surface area contributed by atoms with Crippen LogP contribution >= 0.6 is 95.3 Å². The van der Waals surface area contributed by atoms with Gasteiger partial charge in [0.15, 0.2) is 15.5 Å². The number of pyridine rings is 2. The van der Waals surface area contributed by atoms with E-state index in [0.29, 0.717) is 94.0 Å². The number of carboxylic acids is 1. The molecule has 6 heterocycles. The first kappa shape index (κ1) is 90.9. The molecule has 33 heteroatoms. The smallest absolute Gasteiger partial charge is 0.339 e. The van der Waals surface area contributed by atoms with Crippen LogP contribution < -0.4 is 27.3 Å². The minimum atomic E-state index is -1.03. The molecule has 622 valence electrons. The van der Waals surface area contributed by atoms with Crippen molar-refractivity contribution in [3.8, 4) is 39.3 Å². The van der Waals surface area contributed by atoms with Gasteiger partial charge in [0.1, 0.15) is 34.5 Å². The molecule has 122 heavy (non-hydrogen) atoms. The van der Waals surface area contributed by atoms with Crippen molar-refractivity contribution in [2.24, 2.45) is 0 Å². The molecule has 22 nitrogen and oxygen atoms in total. The Morgan fingerprint density at radius 3 is 1.23 bits per heavy atom. The van der Waals surface area contributed by atoms with Crippen molar-refractivity contribution in [3.05, 3.63) is 322 Å². The highest BCUT2D eigenvalue weighted by molar-refractivity contribution is 9.11. The summed E-state index contributed by atoms with van der Waals surface area (Å²) < 4.78 is 75.0. The fraction of sp³-hybridized carbons (Fsp3) is 0.146. The number of thiocarbonyl (C=S) groups is 1. The fourth-order valence-corrected chi connectivity index (χ4v) is 15.6. The van der Waals surface area contributed by atoms with Gasteiger partial charge in [-0.2, -0.15) is 0 Å². The predicted molar refractivity (Wildman–Crippen MR) is 481 cm³/mol. The van der Waals surface area contributed by atoms with Crippen LogP contribution in [0, 0.1) is 23.3 Å². The standard InChI is InChI=1S/C25H22FN3O3S.C21H14FN3O3S.C20H18BrFN2O3S.C15H9BrFNOS.C8H8BrNO2/c1-25(2,3)32-22(30)15-33-24-28-21-13-16(17-5-4-12-27-14-17)6-11-20(21)23(31)29(24)19-9-7-18(26)8-10-19;22-15-4-6-16(7-5-15)25-20(28)17-8-3-13(14-2-1-9-23-11-14)10-18(17)24-21(25)29-12-19(26)27;1-20(2,3)27-17(25)11-28-19-23-16-10-12(21)4-9-15(16)18(26)24(19)14-7-5-13(22)6-8-14;16-10-1-6-13-9(7-10)8-14(20)18(15(13)19)12-4-2-11(17)3-5-12;1-12-8(11)6-3-2-5(9)4-7(6)10/h4-14H,15H2,1-3H3;1-11H,12H2,(H,26,27);4-10H,11H2,1-3H3;1-7H,8H2;2-4H,10H2,1H3. The van der Waals surface area contributed by atoms with E-state index in [2.05, 4.69) is 72.5 Å². The summed E-state index contributed by atoms with van der Waals surface area (Å²) in [6, 6.07) is 56.1. The number of aromatic nitrogens is 8. The number of nitrogens with zero attached hydrogens (tertiary/aromatic N) is 9. The number of amides is 1. The minimum absolute atomic E-state index is 0.00951. The van der Waals surface area contributed by atoms with Gasteiger partial charge in [-0.05, 0) is 246 Å². The van der Waals surface area contributed by atoms with Crippen molar-refractivity contribution in [3.63, 3.8) is 0 Å². The van der Waals surface area contributed by atoms with E-state index in [4.69, 9.17) is 37.5 Å². The lowest BCUT2D eigenvalue weighted by atomic mass is 9.98. The molecule has 15 rings (SSSR count). The molecule has 9 aromatic carbocycles. The summed E-state index contributed by atoms with van der Waals surface area (Å²) in [5, 5.41) is 11.1. The van der Waals surface area contributed by atoms with Gasteiger partial charge in [-0.1, -0.05) is 120 Å². The molecule has 0 bridgehead atoms. The number of ether oxygens (including phenoxy) is 3. The number of hydrogen-bond donors (Lipinski definition) is 2. The van der Waals surface area contributed by atoms with Crippen LogP contribution in [0.4, 0.5) is 28.9 Å². The average molecular weight is 1920 g/mol. The lowest BCUT2D eigenvalue weighted by Gasteiger charge is -2.29. The van der Waals surface area contributed by atoms with E-state index >= 15 is 0 Å². The minimum Gasteiger partial charge on any atom is -0.481 e. The molecule has 0 aliphatic carbocycles. The van der Waals surface area contributed by atoms with E-state index in [1.165, 1.54) is 111 Å². The van der Waals surface area contributed by atoms with E-state index in [1.54, 1.807) is 139 Å². The quantitative estimate of drug-likeness (QED) is 0.0173. The number of methoxy groups -OCH3 is 1. The first-order valence-electron chi connectivity index (χ1n) is 36.6. The zero-order valence-electron chi connectivity index (χ0n) is 65.7. The number of hydrogen-bond acceptors (Lipinski definition) is 21. The van der Waals surface area contributed by atoms with Crippen molar-refractivity contribution < 1.29 is 60.9 Å². The Hall–Kier alpha value is -11.9. The topological polar surface area (TPSA) is 293 Å². The second kappa shape index (κ2) is 40.7. The number of fused-ring (bicyclic) bond motifs is 4. The van der Waals surface area contributed by atoms with Crippen LogP contribution in [0.25, 0.3) is 72.0 Å². The number of nitrogen functional groups attached to an aromatic ring is 1. The molecule has 1 aliphatic heterocycles. The van der Waals surface area contributed by atoms with Gasteiger partial charge in [-0.3, -0.25) is 62.1 Å². The number of esters is 3. The largest absolute Gasteiger partial charge is 0.481 e. The average Bonchev–Trinajstić information content (AvgIpc) is 0.766. The number of carbonyl (C=O) groups excluding carboxylic acids is 4. The lowest BCUT2D eigenvalue weighted by molar-refractivity contribution is -0.152. The Kier molecular flexibility index (Phi) is 30.3. The van der Waals surface area contributed by atoms with Crippen LogP contribution in [0.15, 0.2) is 280 Å². The van der Waals surface area contributed by atoms with Gasteiger partial charge in [0, 0.05) is 72.7 Å². The van der Waals surface area contributed by atoms with Crippen LogP contribution in [0.1, 0.15) is 67.8 Å². The molecule has 0 fully saturated rings. The fourth-order valence-electron chi connectivity index (χ4n) is 11.8. The maximum atomic E-state index is 13.5. The monoisotopic (exact) mass is 1910 g/mol. The molecule has 0 radical (unpaired) electrons. The summed E-state index contributed by atoms with van der Waals surface area (Å²) in [5.41, 5.74) is 12.6. The maximum Gasteiger partial charge on any atom is 0.339 e. The third-order valence-corrected chi connectivity index (χ3v) is 21.7. The summed E-state index contributed by atoms with van der Waals surface area (Å²) in [5.74, 6) is -4.34. The Balaban J connectivity index is 0.000000153. The predicted octanol–water partition coefficient (Wildman–Crippen LogP) is 19.4. The number of carbonyl (C=O) groups is 5.